The molecule has 19 heavy (non-hydrogen) atoms. The van der Waals surface area contributed by atoms with Crippen LogP contribution in [0.3, 0.4) is 0 Å². The monoisotopic (exact) mass is 275 g/mol. The van der Waals surface area contributed by atoms with Crippen LogP contribution in [0.15, 0.2) is 36.4 Å². The molecule has 1 saturated heterocycles. The molecule has 0 saturated carbocycles. The van der Waals surface area contributed by atoms with Crippen LogP contribution in [0.1, 0.15) is 24.4 Å². The van der Waals surface area contributed by atoms with Gasteiger partial charge < -0.3 is 10.5 Å². The fraction of sp³-hybridized carbons (Fsp3) is 0.375. The summed E-state index contributed by atoms with van der Waals surface area (Å²) in [5.74, 6) is 0.498. The van der Waals surface area contributed by atoms with Crippen molar-refractivity contribution < 1.29 is 4.74 Å². The molecule has 1 fully saturated rings. The van der Waals surface area contributed by atoms with Crippen LogP contribution in [0.25, 0.3) is 10.8 Å². The van der Waals surface area contributed by atoms with Crippen LogP contribution in [0.2, 0.25) is 5.02 Å². The van der Waals surface area contributed by atoms with Gasteiger partial charge in [0.25, 0.3) is 0 Å². The summed E-state index contributed by atoms with van der Waals surface area (Å²) < 4.78 is 5.42. The van der Waals surface area contributed by atoms with Gasteiger partial charge in [0.2, 0.25) is 0 Å². The Hall–Kier alpha value is -1.09. The molecule has 0 bridgehead atoms. The molecule has 2 nitrogen and oxygen atoms in total. The van der Waals surface area contributed by atoms with E-state index in [1.807, 2.05) is 18.2 Å². The van der Waals surface area contributed by atoms with E-state index in [2.05, 4.69) is 18.2 Å². The largest absolute Gasteiger partial charge is 0.381 e. The SMILES string of the molecule is NC(c1ccc(Cl)c2ccccc12)C1CCOCC1. The van der Waals surface area contributed by atoms with Gasteiger partial charge in [-0.15, -0.1) is 0 Å². The lowest BCUT2D eigenvalue weighted by Crippen LogP contribution is -2.27. The predicted molar refractivity (Wildman–Crippen MR) is 79.4 cm³/mol. The molecule has 1 heterocycles. The first kappa shape index (κ1) is 12.9. The number of hydrogen-bond donors (Lipinski definition) is 1. The molecule has 0 amide bonds. The topological polar surface area (TPSA) is 35.2 Å². The predicted octanol–water partition coefficient (Wildman–Crippen LogP) is 3.92. The zero-order valence-electron chi connectivity index (χ0n) is 10.8. The second-order valence-corrected chi connectivity index (χ2v) is 5.56. The number of halogens is 1. The van der Waals surface area contributed by atoms with E-state index in [9.17, 15) is 0 Å². The first-order valence-corrected chi connectivity index (χ1v) is 7.15. The smallest absolute Gasteiger partial charge is 0.0484 e. The van der Waals surface area contributed by atoms with Gasteiger partial charge in [0.15, 0.2) is 0 Å². The molecule has 1 unspecified atom stereocenters. The van der Waals surface area contributed by atoms with Gasteiger partial charge in [-0.3, -0.25) is 0 Å². The zero-order valence-corrected chi connectivity index (χ0v) is 11.6. The van der Waals surface area contributed by atoms with Gasteiger partial charge in [0.1, 0.15) is 0 Å². The number of hydrogen-bond acceptors (Lipinski definition) is 2. The van der Waals surface area contributed by atoms with E-state index in [1.165, 1.54) is 10.9 Å². The third kappa shape index (κ3) is 2.48. The van der Waals surface area contributed by atoms with Gasteiger partial charge in [-0.2, -0.15) is 0 Å². The van der Waals surface area contributed by atoms with E-state index in [0.29, 0.717) is 5.92 Å². The maximum absolute atomic E-state index is 6.49. The van der Waals surface area contributed by atoms with Gasteiger partial charge in [-0.05, 0) is 35.8 Å². The van der Waals surface area contributed by atoms with Crippen molar-refractivity contribution in [3.63, 3.8) is 0 Å². The molecule has 0 spiro atoms. The van der Waals surface area contributed by atoms with E-state index in [0.717, 1.165) is 36.5 Å². The molecule has 1 atom stereocenters. The summed E-state index contributed by atoms with van der Waals surface area (Å²) in [6.45, 7) is 1.65. The molecule has 0 aromatic heterocycles. The fourth-order valence-electron chi connectivity index (χ4n) is 2.91. The highest BCUT2D eigenvalue weighted by atomic mass is 35.5. The fourth-order valence-corrected chi connectivity index (χ4v) is 3.13. The Balaban J connectivity index is 2.02. The molecular weight excluding hydrogens is 258 g/mol. The molecule has 100 valence electrons. The minimum atomic E-state index is 0.0612. The highest BCUT2D eigenvalue weighted by Gasteiger charge is 2.23. The summed E-state index contributed by atoms with van der Waals surface area (Å²) in [7, 11) is 0. The van der Waals surface area contributed by atoms with Crippen LogP contribution in [0.5, 0.6) is 0 Å². The number of nitrogens with two attached hydrogens (primary N) is 1. The molecule has 0 aliphatic carbocycles. The maximum atomic E-state index is 6.49. The minimum Gasteiger partial charge on any atom is -0.381 e. The summed E-state index contributed by atoms with van der Waals surface area (Å²) in [6.07, 6.45) is 2.08. The molecular formula is C16H18ClNO. The Morgan fingerprint density at radius 2 is 1.74 bits per heavy atom. The van der Waals surface area contributed by atoms with E-state index < -0.39 is 0 Å². The number of fused-ring (bicyclic) bond motifs is 1. The Bertz CT molecular complexity index is 578. The molecule has 2 N–H and O–H groups in total. The van der Waals surface area contributed by atoms with Crippen molar-refractivity contribution in [3.05, 3.63) is 47.0 Å². The van der Waals surface area contributed by atoms with Crippen molar-refractivity contribution in [2.24, 2.45) is 11.7 Å². The van der Waals surface area contributed by atoms with Crippen LogP contribution in [0, 0.1) is 5.92 Å². The van der Waals surface area contributed by atoms with E-state index >= 15 is 0 Å². The maximum Gasteiger partial charge on any atom is 0.0484 e. The van der Waals surface area contributed by atoms with Crippen LogP contribution in [-0.4, -0.2) is 13.2 Å². The summed E-state index contributed by atoms with van der Waals surface area (Å²) in [6, 6.07) is 12.3. The molecule has 0 radical (unpaired) electrons. The van der Waals surface area contributed by atoms with Crippen LogP contribution < -0.4 is 5.73 Å². The van der Waals surface area contributed by atoms with Gasteiger partial charge in [0.05, 0.1) is 0 Å². The molecule has 2 aromatic rings. The third-order valence-electron chi connectivity index (χ3n) is 4.04. The normalized spacial score (nSPS) is 18.6. The highest BCUT2D eigenvalue weighted by molar-refractivity contribution is 6.35. The summed E-state index contributed by atoms with van der Waals surface area (Å²) in [4.78, 5) is 0. The average molecular weight is 276 g/mol. The molecule has 3 heteroatoms. The lowest BCUT2D eigenvalue weighted by molar-refractivity contribution is 0.0585. The first-order valence-electron chi connectivity index (χ1n) is 6.78. The van der Waals surface area contributed by atoms with Crippen LogP contribution in [-0.2, 0) is 4.74 Å². The van der Waals surface area contributed by atoms with Crippen molar-refractivity contribution in [2.45, 2.75) is 18.9 Å². The van der Waals surface area contributed by atoms with E-state index in [4.69, 9.17) is 22.1 Å². The van der Waals surface area contributed by atoms with Crippen molar-refractivity contribution in [2.75, 3.05) is 13.2 Å². The highest BCUT2D eigenvalue weighted by Crippen LogP contribution is 2.34. The Morgan fingerprint density at radius 3 is 2.47 bits per heavy atom. The molecule has 1 aliphatic heterocycles. The third-order valence-corrected chi connectivity index (χ3v) is 4.37. The quantitative estimate of drug-likeness (QED) is 0.902. The Kier molecular flexibility index (Phi) is 3.74. The molecule has 1 aliphatic rings. The second kappa shape index (κ2) is 5.49. The van der Waals surface area contributed by atoms with Crippen molar-refractivity contribution in [1.82, 2.24) is 0 Å². The Labute approximate surface area is 118 Å². The van der Waals surface area contributed by atoms with Crippen LogP contribution >= 0.6 is 11.6 Å². The summed E-state index contributed by atoms with van der Waals surface area (Å²) in [5.41, 5.74) is 7.69. The summed E-state index contributed by atoms with van der Waals surface area (Å²) >= 11 is 6.26. The minimum absolute atomic E-state index is 0.0612. The molecule has 3 rings (SSSR count). The lowest BCUT2D eigenvalue weighted by atomic mass is 9.85. The second-order valence-electron chi connectivity index (χ2n) is 5.16. The zero-order chi connectivity index (χ0) is 13.2. The van der Waals surface area contributed by atoms with E-state index in [-0.39, 0.29) is 6.04 Å². The van der Waals surface area contributed by atoms with Crippen molar-refractivity contribution in [1.29, 1.82) is 0 Å². The van der Waals surface area contributed by atoms with Gasteiger partial charge in [-0.1, -0.05) is 41.9 Å². The standard InChI is InChI=1S/C16H18ClNO/c17-15-6-5-14(12-3-1-2-4-13(12)15)16(18)11-7-9-19-10-8-11/h1-6,11,16H,7-10,18H2. The summed E-state index contributed by atoms with van der Waals surface area (Å²) in [5, 5.41) is 3.05. The Morgan fingerprint density at radius 1 is 1.05 bits per heavy atom. The first-order chi connectivity index (χ1) is 9.27. The number of benzene rings is 2. The van der Waals surface area contributed by atoms with Crippen molar-refractivity contribution >= 4 is 22.4 Å². The van der Waals surface area contributed by atoms with Gasteiger partial charge in [0, 0.05) is 29.7 Å². The molecule has 2 aromatic carbocycles. The average Bonchev–Trinajstić information content (AvgIpc) is 2.48. The number of ether oxygens (including phenoxy) is 1. The van der Waals surface area contributed by atoms with Crippen LogP contribution in [0.4, 0.5) is 0 Å². The number of rotatable bonds is 2. The lowest BCUT2D eigenvalue weighted by Gasteiger charge is -2.28. The van der Waals surface area contributed by atoms with Crippen molar-refractivity contribution in [3.8, 4) is 0 Å². The van der Waals surface area contributed by atoms with E-state index in [1.54, 1.807) is 0 Å². The van der Waals surface area contributed by atoms with Gasteiger partial charge in [-0.25, -0.2) is 0 Å². The van der Waals surface area contributed by atoms with Gasteiger partial charge >= 0.3 is 0 Å².